The fraction of sp³-hybridized carbons (Fsp3) is 0.500. The SMILES string of the molecule is COc1cccc(S(=O)(=O)N2CCCC(OC)(C(=O)O)C2)c1F. The lowest BCUT2D eigenvalue weighted by molar-refractivity contribution is -0.166. The number of piperidine rings is 1. The molecule has 0 amide bonds. The molecule has 1 heterocycles. The van der Waals surface area contributed by atoms with E-state index in [1.165, 1.54) is 26.4 Å². The van der Waals surface area contributed by atoms with E-state index in [2.05, 4.69) is 0 Å². The average Bonchev–Trinajstić information content (AvgIpc) is 2.54. The lowest BCUT2D eigenvalue weighted by Gasteiger charge is -2.38. The second-order valence-corrected chi connectivity index (χ2v) is 7.12. The van der Waals surface area contributed by atoms with E-state index in [-0.39, 0.29) is 25.3 Å². The molecular weight excluding hydrogens is 329 g/mol. The number of aliphatic carboxylic acids is 1. The first-order valence-electron chi connectivity index (χ1n) is 6.90. The topological polar surface area (TPSA) is 93.1 Å². The number of halogens is 1. The van der Waals surface area contributed by atoms with Crippen molar-refractivity contribution in [2.45, 2.75) is 23.3 Å². The molecule has 128 valence electrons. The van der Waals surface area contributed by atoms with Gasteiger partial charge in [0.15, 0.2) is 17.2 Å². The molecule has 23 heavy (non-hydrogen) atoms. The molecule has 0 aliphatic carbocycles. The number of sulfonamides is 1. The van der Waals surface area contributed by atoms with Gasteiger partial charge in [0.1, 0.15) is 4.90 Å². The van der Waals surface area contributed by atoms with E-state index in [0.717, 1.165) is 10.4 Å². The number of nitrogens with zero attached hydrogens (tertiary/aromatic N) is 1. The number of carbonyl (C=O) groups is 1. The summed E-state index contributed by atoms with van der Waals surface area (Å²) in [5.41, 5.74) is -1.62. The summed E-state index contributed by atoms with van der Waals surface area (Å²) < 4.78 is 50.4. The number of hydrogen-bond donors (Lipinski definition) is 1. The lowest BCUT2D eigenvalue weighted by atomic mass is 9.94. The zero-order valence-corrected chi connectivity index (χ0v) is 13.6. The number of rotatable bonds is 5. The van der Waals surface area contributed by atoms with Crippen molar-refractivity contribution < 1.29 is 32.2 Å². The van der Waals surface area contributed by atoms with Gasteiger partial charge in [0.05, 0.1) is 13.7 Å². The maximum absolute atomic E-state index is 14.3. The maximum Gasteiger partial charge on any atom is 0.337 e. The Bertz CT molecular complexity index is 707. The first-order chi connectivity index (χ1) is 10.8. The highest BCUT2D eigenvalue weighted by Gasteiger charge is 2.46. The van der Waals surface area contributed by atoms with E-state index in [4.69, 9.17) is 9.47 Å². The Kier molecular flexibility index (Phi) is 4.92. The van der Waals surface area contributed by atoms with Crippen LogP contribution in [-0.4, -0.2) is 56.7 Å². The smallest absolute Gasteiger partial charge is 0.337 e. The molecule has 1 aromatic rings. The molecule has 1 aliphatic rings. The van der Waals surface area contributed by atoms with E-state index in [1.54, 1.807) is 0 Å². The molecule has 7 nitrogen and oxygen atoms in total. The van der Waals surface area contributed by atoms with Crippen LogP contribution in [0.15, 0.2) is 23.1 Å². The van der Waals surface area contributed by atoms with Gasteiger partial charge in [-0.25, -0.2) is 17.6 Å². The van der Waals surface area contributed by atoms with Crippen LogP contribution in [-0.2, 0) is 19.6 Å². The normalized spacial score (nSPS) is 22.7. The van der Waals surface area contributed by atoms with Crippen LogP contribution in [0.3, 0.4) is 0 Å². The van der Waals surface area contributed by atoms with E-state index in [1.807, 2.05) is 0 Å². The molecule has 1 unspecified atom stereocenters. The van der Waals surface area contributed by atoms with E-state index in [0.29, 0.717) is 6.42 Å². The Balaban J connectivity index is 2.42. The van der Waals surface area contributed by atoms with Crippen molar-refractivity contribution in [3.63, 3.8) is 0 Å². The quantitative estimate of drug-likeness (QED) is 0.857. The summed E-state index contributed by atoms with van der Waals surface area (Å²) in [4.78, 5) is 10.9. The monoisotopic (exact) mass is 347 g/mol. The van der Waals surface area contributed by atoms with Crippen molar-refractivity contribution in [1.82, 2.24) is 4.31 Å². The summed E-state index contributed by atoms with van der Waals surface area (Å²) in [6.07, 6.45) is 0.483. The highest BCUT2D eigenvalue weighted by molar-refractivity contribution is 7.89. The van der Waals surface area contributed by atoms with Gasteiger partial charge in [0.2, 0.25) is 10.0 Å². The van der Waals surface area contributed by atoms with Crippen molar-refractivity contribution in [2.75, 3.05) is 27.3 Å². The zero-order chi connectivity index (χ0) is 17.3. The van der Waals surface area contributed by atoms with Crippen molar-refractivity contribution in [3.8, 4) is 5.75 Å². The largest absolute Gasteiger partial charge is 0.494 e. The van der Waals surface area contributed by atoms with Crippen molar-refractivity contribution >= 4 is 16.0 Å². The minimum atomic E-state index is -4.20. The summed E-state index contributed by atoms with van der Waals surface area (Å²) in [5.74, 6) is -2.44. The summed E-state index contributed by atoms with van der Waals surface area (Å²) in [7, 11) is -1.75. The van der Waals surface area contributed by atoms with Gasteiger partial charge in [-0.05, 0) is 25.0 Å². The predicted molar refractivity (Wildman–Crippen MR) is 78.3 cm³/mol. The Morgan fingerprint density at radius 3 is 2.65 bits per heavy atom. The van der Waals surface area contributed by atoms with Crippen LogP contribution in [0, 0.1) is 5.82 Å². The third-order valence-corrected chi connectivity index (χ3v) is 5.83. The molecule has 0 bridgehead atoms. The first kappa shape index (κ1) is 17.6. The first-order valence-corrected chi connectivity index (χ1v) is 8.34. The van der Waals surface area contributed by atoms with Crippen LogP contribution < -0.4 is 4.74 Å². The molecule has 1 aliphatic heterocycles. The molecule has 1 aromatic carbocycles. The van der Waals surface area contributed by atoms with Gasteiger partial charge in [0, 0.05) is 13.7 Å². The summed E-state index contributed by atoms with van der Waals surface area (Å²) >= 11 is 0. The highest BCUT2D eigenvalue weighted by Crippen LogP contribution is 2.31. The molecule has 0 radical (unpaired) electrons. The number of hydrogen-bond acceptors (Lipinski definition) is 5. The van der Waals surface area contributed by atoms with Gasteiger partial charge < -0.3 is 14.6 Å². The minimum Gasteiger partial charge on any atom is -0.494 e. The summed E-state index contributed by atoms with van der Waals surface area (Å²) in [6, 6.07) is 3.79. The Labute approximate surface area is 133 Å². The molecule has 2 rings (SSSR count). The fourth-order valence-corrected chi connectivity index (χ4v) is 4.21. The second-order valence-electron chi connectivity index (χ2n) is 5.22. The van der Waals surface area contributed by atoms with Gasteiger partial charge in [-0.2, -0.15) is 4.31 Å². The summed E-state index contributed by atoms with van der Waals surface area (Å²) in [6.45, 7) is -0.283. The molecule has 1 N–H and O–H groups in total. The van der Waals surface area contributed by atoms with Gasteiger partial charge in [-0.1, -0.05) is 6.07 Å². The third-order valence-electron chi connectivity index (χ3n) is 3.97. The highest BCUT2D eigenvalue weighted by atomic mass is 32.2. The van der Waals surface area contributed by atoms with Gasteiger partial charge in [0.25, 0.3) is 0 Å². The van der Waals surface area contributed by atoms with Crippen molar-refractivity contribution in [1.29, 1.82) is 0 Å². The van der Waals surface area contributed by atoms with Gasteiger partial charge in [-0.3, -0.25) is 0 Å². The van der Waals surface area contributed by atoms with Gasteiger partial charge in [-0.15, -0.1) is 0 Å². The number of carboxylic acids is 1. The fourth-order valence-electron chi connectivity index (χ4n) is 2.60. The van der Waals surface area contributed by atoms with Gasteiger partial charge >= 0.3 is 5.97 Å². The van der Waals surface area contributed by atoms with Crippen LogP contribution in [0.25, 0.3) is 0 Å². The summed E-state index contributed by atoms with van der Waals surface area (Å²) in [5, 5.41) is 9.34. The predicted octanol–water partition coefficient (Wildman–Crippen LogP) is 1.09. The third kappa shape index (κ3) is 3.04. The Morgan fingerprint density at radius 2 is 2.09 bits per heavy atom. The van der Waals surface area contributed by atoms with Crippen LogP contribution in [0.5, 0.6) is 5.75 Å². The van der Waals surface area contributed by atoms with Crippen LogP contribution in [0.1, 0.15) is 12.8 Å². The number of ether oxygens (including phenoxy) is 2. The van der Waals surface area contributed by atoms with E-state index < -0.39 is 32.3 Å². The molecule has 1 saturated heterocycles. The Morgan fingerprint density at radius 1 is 1.39 bits per heavy atom. The molecule has 1 atom stereocenters. The Hall–Kier alpha value is -1.71. The van der Waals surface area contributed by atoms with E-state index in [9.17, 15) is 22.7 Å². The standard InChI is InChI=1S/C14H18FNO6S/c1-21-10-5-3-6-11(12(10)15)23(19,20)16-8-4-7-14(9-16,22-2)13(17)18/h3,5-6H,4,7-9H2,1-2H3,(H,17,18). The maximum atomic E-state index is 14.3. The van der Waals surface area contributed by atoms with Crippen LogP contribution in [0.4, 0.5) is 4.39 Å². The van der Waals surface area contributed by atoms with Crippen LogP contribution >= 0.6 is 0 Å². The molecular formula is C14H18FNO6S. The van der Waals surface area contributed by atoms with Crippen molar-refractivity contribution in [3.05, 3.63) is 24.0 Å². The van der Waals surface area contributed by atoms with E-state index >= 15 is 0 Å². The lowest BCUT2D eigenvalue weighted by Crippen LogP contribution is -2.55. The molecule has 0 spiro atoms. The number of benzene rings is 1. The number of carboxylic acid groups (broad SMARTS) is 1. The van der Waals surface area contributed by atoms with Crippen LogP contribution in [0.2, 0.25) is 0 Å². The second kappa shape index (κ2) is 6.42. The molecule has 0 aromatic heterocycles. The molecule has 9 heteroatoms. The number of methoxy groups -OCH3 is 2. The average molecular weight is 347 g/mol. The molecule has 1 fully saturated rings. The minimum absolute atomic E-state index is 0.0946. The molecule has 0 saturated carbocycles. The zero-order valence-electron chi connectivity index (χ0n) is 12.8. The van der Waals surface area contributed by atoms with Crippen molar-refractivity contribution in [2.24, 2.45) is 0 Å².